The van der Waals surface area contributed by atoms with Crippen LogP contribution in [0.15, 0.2) is 42.9 Å². The molecule has 0 aliphatic carbocycles. The molecule has 1 amide bonds. The van der Waals surface area contributed by atoms with E-state index in [-0.39, 0.29) is 6.42 Å². The average molecular weight is 509 g/mol. The summed E-state index contributed by atoms with van der Waals surface area (Å²) >= 11 is 0. The van der Waals surface area contributed by atoms with Gasteiger partial charge in [0.1, 0.15) is 11.6 Å². The summed E-state index contributed by atoms with van der Waals surface area (Å²) in [6.45, 7) is 5.39. The zero-order valence-corrected chi connectivity index (χ0v) is 21.1. The van der Waals surface area contributed by atoms with Gasteiger partial charge in [0.15, 0.2) is 0 Å². The van der Waals surface area contributed by atoms with E-state index in [9.17, 15) is 9.18 Å². The zero-order chi connectivity index (χ0) is 25.6. The first-order valence-electron chi connectivity index (χ1n) is 13.0. The molecule has 5 heterocycles. The van der Waals surface area contributed by atoms with Crippen molar-refractivity contribution in [2.45, 2.75) is 45.0 Å². The molecule has 5 rings (SSSR count). The summed E-state index contributed by atoms with van der Waals surface area (Å²) in [5, 5.41) is 5.51. The van der Waals surface area contributed by atoms with Gasteiger partial charge >= 0.3 is 6.09 Å². The van der Waals surface area contributed by atoms with Crippen LogP contribution >= 0.6 is 0 Å². The molecular formula is C27H33FN6O3. The maximum absolute atomic E-state index is 13.8. The fourth-order valence-electron chi connectivity index (χ4n) is 4.76. The van der Waals surface area contributed by atoms with Crippen molar-refractivity contribution in [3.8, 4) is 11.3 Å². The second kappa shape index (κ2) is 11.7. The van der Waals surface area contributed by atoms with Crippen LogP contribution in [0.2, 0.25) is 0 Å². The molecule has 1 N–H and O–H groups in total. The van der Waals surface area contributed by atoms with E-state index in [0.717, 1.165) is 59.7 Å². The first kappa shape index (κ1) is 25.1. The first-order valence-corrected chi connectivity index (χ1v) is 13.0. The molecule has 0 aromatic carbocycles. The number of alkyl halides is 1. The number of pyridine rings is 3. The maximum Gasteiger partial charge on any atom is 0.412 e. The lowest BCUT2D eigenvalue weighted by Gasteiger charge is -2.35. The Morgan fingerprint density at radius 2 is 2.00 bits per heavy atom. The standard InChI is InChI=1S/C27H33FN6O3/c1-2-3-24(28)37-27(35)34-12-10-33(11-13-34)26-22-5-8-29-18-20(22)16-23(32-26)19-4-9-30-25(17-19)31-21-6-14-36-15-7-21/h4-5,8-9,16-18,21,24H,2-3,6-7,10-15H2,1H3,(H,30,31). The number of nitrogens with one attached hydrogen (secondary N) is 1. The van der Waals surface area contributed by atoms with Crippen LogP contribution in [0, 0.1) is 0 Å². The monoisotopic (exact) mass is 508 g/mol. The summed E-state index contributed by atoms with van der Waals surface area (Å²) in [5.74, 6) is 1.66. The second-order valence-corrected chi connectivity index (χ2v) is 9.45. The Morgan fingerprint density at radius 1 is 1.19 bits per heavy atom. The Labute approximate surface area is 216 Å². The molecule has 2 aliphatic heterocycles. The van der Waals surface area contributed by atoms with Gasteiger partial charge in [0.2, 0.25) is 6.36 Å². The van der Waals surface area contributed by atoms with E-state index in [1.807, 2.05) is 37.4 Å². The average Bonchev–Trinajstić information content (AvgIpc) is 2.93. The van der Waals surface area contributed by atoms with Gasteiger partial charge in [-0.25, -0.2) is 19.2 Å². The van der Waals surface area contributed by atoms with Gasteiger partial charge < -0.3 is 24.6 Å². The third kappa shape index (κ3) is 6.07. The molecule has 2 fully saturated rings. The highest BCUT2D eigenvalue weighted by Crippen LogP contribution is 2.31. The van der Waals surface area contributed by atoms with Crippen LogP contribution in [-0.4, -0.2) is 77.7 Å². The number of piperazine rings is 1. The molecule has 1 unspecified atom stereocenters. The number of halogens is 1. The molecule has 196 valence electrons. The fourth-order valence-corrected chi connectivity index (χ4v) is 4.76. The van der Waals surface area contributed by atoms with Crippen LogP contribution in [0.1, 0.15) is 32.6 Å². The maximum atomic E-state index is 13.8. The summed E-state index contributed by atoms with van der Waals surface area (Å²) < 4.78 is 24.2. The second-order valence-electron chi connectivity index (χ2n) is 9.45. The Bertz CT molecular complexity index is 1210. The highest BCUT2D eigenvalue weighted by atomic mass is 19.1. The smallest absolute Gasteiger partial charge is 0.412 e. The number of rotatable bonds is 7. The number of nitrogens with zero attached hydrogens (tertiary/aromatic N) is 5. The molecule has 37 heavy (non-hydrogen) atoms. The van der Waals surface area contributed by atoms with Gasteiger partial charge in [-0.2, -0.15) is 0 Å². The van der Waals surface area contributed by atoms with Gasteiger partial charge in [0, 0.05) is 86.8 Å². The molecule has 2 saturated heterocycles. The molecule has 0 spiro atoms. The Hall–Kier alpha value is -3.53. The highest BCUT2D eigenvalue weighted by molar-refractivity contribution is 5.94. The molecule has 0 radical (unpaired) electrons. The van der Waals surface area contributed by atoms with Gasteiger partial charge in [0.25, 0.3) is 0 Å². The molecule has 0 bridgehead atoms. The van der Waals surface area contributed by atoms with E-state index in [2.05, 4.69) is 20.2 Å². The minimum atomic E-state index is -1.56. The lowest BCUT2D eigenvalue weighted by atomic mass is 10.1. The van der Waals surface area contributed by atoms with Crippen molar-refractivity contribution in [1.82, 2.24) is 19.9 Å². The van der Waals surface area contributed by atoms with E-state index < -0.39 is 12.5 Å². The van der Waals surface area contributed by atoms with Crippen molar-refractivity contribution in [3.63, 3.8) is 0 Å². The van der Waals surface area contributed by atoms with Crippen molar-refractivity contribution in [3.05, 3.63) is 42.9 Å². The molecule has 9 nitrogen and oxygen atoms in total. The summed E-state index contributed by atoms with van der Waals surface area (Å²) in [5.41, 5.74) is 1.79. The predicted molar refractivity (Wildman–Crippen MR) is 140 cm³/mol. The molecule has 1 atom stereocenters. The van der Waals surface area contributed by atoms with Gasteiger partial charge in [-0.05, 0) is 43.5 Å². The van der Waals surface area contributed by atoms with Crippen LogP contribution in [0.4, 0.5) is 20.8 Å². The van der Waals surface area contributed by atoms with Crippen molar-refractivity contribution >= 4 is 28.5 Å². The van der Waals surface area contributed by atoms with Crippen molar-refractivity contribution in [2.75, 3.05) is 49.6 Å². The molecule has 2 aliphatic rings. The van der Waals surface area contributed by atoms with Crippen LogP contribution in [0.25, 0.3) is 22.0 Å². The predicted octanol–water partition coefficient (Wildman–Crippen LogP) is 4.64. The number of aromatic nitrogens is 3. The number of hydrogen-bond donors (Lipinski definition) is 1. The van der Waals surface area contributed by atoms with Crippen molar-refractivity contribution in [2.24, 2.45) is 0 Å². The summed E-state index contributed by atoms with van der Waals surface area (Å²) in [6, 6.07) is 8.34. The van der Waals surface area contributed by atoms with E-state index in [0.29, 0.717) is 38.6 Å². The van der Waals surface area contributed by atoms with E-state index in [1.165, 1.54) is 0 Å². The lowest BCUT2D eigenvalue weighted by molar-refractivity contribution is -0.0116. The number of carbonyl (C=O) groups excluding carboxylic acids is 1. The zero-order valence-electron chi connectivity index (χ0n) is 21.1. The van der Waals surface area contributed by atoms with Gasteiger partial charge in [0.05, 0.1) is 5.69 Å². The Morgan fingerprint density at radius 3 is 2.78 bits per heavy atom. The third-order valence-corrected chi connectivity index (χ3v) is 6.82. The first-order chi connectivity index (χ1) is 18.1. The van der Waals surface area contributed by atoms with Gasteiger partial charge in [-0.3, -0.25) is 4.98 Å². The summed E-state index contributed by atoms with van der Waals surface area (Å²) in [7, 11) is 0. The molecule has 3 aromatic rings. The fraction of sp³-hybridized carbons (Fsp3) is 0.481. The Balaban J connectivity index is 1.35. The third-order valence-electron chi connectivity index (χ3n) is 6.82. The Kier molecular flexibility index (Phi) is 7.93. The molecule has 0 saturated carbocycles. The molecular weight excluding hydrogens is 475 g/mol. The molecule has 3 aromatic heterocycles. The quantitative estimate of drug-likeness (QED) is 0.494. The van der Waals surface area contributed by atoms with E-state index in [4.69, 9.17) is 14.5 Å². The van der Waals surface area contributed by atoms with Crippen molar-refractivity contribution in [1.29, 1.82) is 0 Å². The number of carbonyl (C=O) groups is 1. The van der Waals surface area contributed by atoms with Crippen LogP contribution in [-0.2, 0) is 9.47 Å². The number of fused-ring (bicyclic) bond motifs is 1. The topological polar surface area (TPSA) is 92.7 Å². The van der Waals surface area contributed by atoms with Crippen molar-refractivity contribution < 1.29 is 18.7 Å². The van der Waals surface area contributed by atoms with E-state index >= 15 is 0 Å². The summed E-state index contributed by atoms with van der Waals surface area (Å²) in [6.07, 6.45) is 6.00. The number of amides is 1. The van der Waals surface area contributed by atoms with Gasteiger partial charge in [-0.1, -0.05) is 6.92 Å². The SMILES string of the molecule is CCCC(F)OC(=O)N1CCN(c2nc(-c3ccnc(NC4CCOCC4)c3)cc3cnccc23)CC1. The normalized spacial score (nSPS) is 17.6. The minimum absolute atomic E-state index is 0.212. The van der Waals surface area contributed by atoms with Crippen LogP contribution < -0.4 is 10.2 Å². The number of ether oxygens (including phenoxy) is 2. The number of anilines is 2. The highest BCUT2D eigenvalue weighted by Gasteiger charge is 2.26. The van der Waals surface area contributed by atoms with Crippen LogP contribution in [0.5, 0.6) is 0 Å². The largest absolute Gasteiger partial charge is 0.415 e. The minimum Gasteiger partial charge on any atom is -0.415 e. The van der Waals surface area contributed by atoms with E-state index in [1.54, 1.807) is 17.3 Å². The lowest BCUT2D eigenvalue weighted by Crippen LogP contribution is -2.49. The van der Waals surface area contributed by atoms with Gasteiger partial charge in [-0.15, -0.1) is 0 Å². The molecule has 10 heteroatoms. The summed E-state index contributed by atoms with van der Waals surface area (Å²) in [4.78, 5) is 30.0. The van der Waals surface area contributed by atoms with Crippen LogP contribution in [0.3, 0.4) is 0 Å². The number of hydrogen-bond acceptors (Lipinski definition) is 8.